The van der Waals surface area contributed by atoms with E-state index < -0.39 is 10.0 Å². The van der Waals surface area contributed by atoms with E-state index in [0.717, 1.165) is 32.6 Å². The predicted octanol–water partition coefficient (Wildman–Crippen LogP) is 2.53. The number of benzene rings is 1. The first kappa shape index (κ1) is 18.3. The minimum Gasteiger partial charge on any atom is -0.354 e. The maximum atomic E-state index is 12.5. The zero-order valence-electron chi connectivity index (χ0n) is 12.8. The number of sulfonamides is 1. The zero-order chi connectivity index (χ0) is 15.7. The minimum absolute atomic E-state index is 0. The summed E-state index contributed by atoms with van der Waals surface area (Å²) in [7, 11) is -3.65. The molecule has 0 amide bonds. The monoisotopic (exact) mass is 375 g/mol. The summed E-state index contributed by atoms with van der Waals surface area (Å²) >= 11 is 5.89. The van der Waals surface area contributed by atoms with Crippen LogP contribution < -0.4 is 5.32 Å². The van der Waals surface area contributed by atoms with E-state index in [4.69, 9.17) is 11.6 Å². The number of hydrogen-bond acceptors (Lipinski definition) is 4. The van der Waals surface area contributed by atoms with Crippen LogP contribution in [0.2, 0.25) is 5.02 Å². The van der Waals surface area contributed by atoms with Gasteiger partial charge in [0.1, 0.15) is 10.7 Å². The SMILES string of the molecule is CC1=C(c2ccc(Cl)cc2)S(=O)(=O)N=C1N1CCCNCC1.Cl. The van der Waals surface area contributed by atoms with Crippen LogP contribution in [0.3, 0.4) is 0 Å². The molecule has 2 aliphatic rings. The van der Waals surface area contributed by atoms with Gasteiger partial charge in [0.25, 0.3) is 10.0 Å². The fourth-order valence-electron chi connectivity index (χ4n) is 2.84. The molecule has 0 aliphatic carbocycles. The Hall–Kier alpha value is -1.08. The van der Waals surface area contributed by atoms with Crippen LogP contribution in [0.4, 0.5) is 0 Å². The van der Waals surface area contributed by atoms with Crippen LogP contribution in [0.25, 0.3) is 4.91 Å². The second kappa shape index (κ2) is 7.21. The highest BCUT2D eigenvalue weighted by Crippen LogP contribution is 2.34. The zero-order valence-corrected chi connectivity index (χ0v) is 15.1. The molecule has 1 saturated heterocycles. The Morgan fingerprint density at radius 2 is 1.87 bits per heavy atom. The molecule has 0 bridgehead atoms. The van der Waals surface area contributed by atoms with Gasteiger partial charge >= 0.3 is 0 Å². The number of nitrogens with one attached hydrogen (secondary N) is 1. The lowest BCUT2D eigenvalue weighted by Gasteiger charge is -2.22. The van der Waals surface area contributed by atoms with Crippen molar-refractivity contribution in [3.63, 3.8) is 0 Å². The van der Waals surface area contributed by atoms with Crippen molar-refractivity contribution in [2.75, 3.05) is 26.2 Å². The Morgan fingerprint density at radius 3 is 2.57 bits per heavy atom. The molecular weight excluding hydrogens is 357 g/mol. The average molecular weight is 376 g/mol. The van der Waals surface area contributed by atoms with E-state index in [9.17, 15) is 8.42 Å². The van der Waals surface area contributed by atoms with Crippen LogP contribution >= 0.6 is 24.0 Å². The molecule has 1 N–H and O–H groups in total. The van der Waals surface area contributed by atoms with Gasteiger partial charge in [0.05, 0.1) is 0 Å². The van der Waals surface area contributed by atoms with Crippen LogP contribution in [0.15, 0.2) is 34.2 Å². The van der Waals surface area contributed by atoms with Gasteiger partial charge in [0.15, 0.2) is 0 Å². The summed E-state index contributed by atoms with van der Waals surface area (Å²) in [5, 5.41) is 3.89. The van der Waals surface area contributed by atoms with Gasteiger partial charge in [-0.3, -0.25) is 0 Å². The van der Waals surface area contributed by atoms with E-state index in [1.807, 2.05) is 6.92 Å². The summed E-state index contributed by atoms with van der Waals surface area (Å²) in [4.78, 5) is 2.34. The topological polar surface area (TPSA) is 61.8 Å². The molecule has 0 atom stereocenters. The molecule has 1 fully saturated rings. The van der Waals surface area contributed by atoms with Crippen LogP contribution in [0.5, 0.6) is 0 Å². The summed E-state index contributed by atoms with van der Waals surface area (Å²) in [6, 6.07) is 6.84. The van der Waals surface area contributed by atoms with E-state index in [2.05, 4.69) is 14.6 Å². The molecule has 0 saturated carbocycles. The molecule has 1 aromatic rings. The quantitative estimate of drug-likeness (QED) is 0.818. The van der Waals surface area contributed by atoms with Gasteiger partial charge in [-0.05, 0) is 37.6 Å². The van der Waals surface area contributed by atoms with Gasteiger partial charge in [-0.25, -0.2) is 0 Å². The molecule has 0 unspecified atom stereocenters. The van der Waals surface area contributed by atoms with Crippen molar-refractivity contribution in [3.05, 3.63) is 40.4 Å². The normalized spacial score (nSPS) is 20.8. The number of amidine groups is 1. The lowest BCUT2D eigenvalue weighted by atomic mass is 10.1. The van der Waals surface area contributed by atoms with Crippen LogP contribution in [0, 0.1) is 0 Å². The van der Waals surface area contributed by atoms with Gasteiger partial charge in [-0.15, -0.1) is 16.8 Å². The number of halogens is 2. The van der Waals surface area contributed by atoms with Gasteiger partial charge in [-0.1, -0.05) is 23.7 Å². The fourth-order valence-corrected chi connectivity index (χ4v) is 4.45. The van der Waals surface area contributed by atoms with Crippen molar-refractivity contribution in [3.8, 4) is 0 Å². The van der Waals surface area contributed by atoms with Crippen LogP contribution in [-0.2, 0) is 10.0 Å². The summed E-state index contributed by atoms with van der Waals surface area (Å²) in [5.41, 5.74) is 1.35. The third kappa shape index (κ3) is 3.71. The standard InChI is InChI=1S/C15H18ClN3O2S.ClH/c1-11-14(12-3-5-13(16)6-4-12)22(20,21)18-15(11)19-9-2-7-17-8-10-19;/h3-6,17H,2,7-10H2,1H3;1H. The third-order valence-corrected chi connectivity index (χ3v) is 5.61. The maximum absolute atomic E-state index is 12.5. The molecule has 1 aromatic carbocycles. The summed E-state index contributed by atoms with van der Waals surface area (Å²) < 4.78 is 29.0. The van der Waals surface area contributed by atoms with Gasteiger partial charge in [0.2, 0.25) is 0 Å². The van der Waals surface area contributed by atoms with Crippen molar-refractivity contribution in [2.24, 2.45) is 4.40 Å². The fraction of sp³-hybridized carbons (Fsp3) is 0.400. The van der Waals surface area contributed by atoms with Gasteiger partial charge < -0.3 is 10.2 Å². The number of hydrogen-bond donors (Lipinski definition) is 1. The highest BCUT2D eigenvalue weighted by molar-refractivity contribution is 8.00. The Kier molecular flexibility index (Phi) is 5.73. The first-order valence-corrected chi connectivity index (χ1v) is 9.09. The average Bonchev–Trinajstić information content (AvgIpc) is 2.67. The summed E-state index contributed by atoms with van der Waals surface area (Å²) in [6.45, 7) is 5.18. The maximum Gasteiger partial charge on any atom is 0.285 e. The van der Waals surface area contributed by atoms with E-state index >= 15 is 0 Å². The first-order chi connectivity index (χ1) is 10.5. The largest absolute Gasteiger partial charge is 0.354 e. The van der Waals surface area contributed by atoms with E-state index in [-0.39, 0.29) is 17.3 Å². The van der Waals surface area contributed by atoms with E-state index in [1.54, 1.807) is 24.3 Å². The molecule has 5 nitrogen and oxygen atoms in total. The summed E-state index contributed by atoms with van der Waals surface area (Å²) in [6.07, 6.45) is 0.975. The van der Waals surface area contributed by atoms with E-state index in [0.29, 0.717) is 22.0 Å². The van der Waals surface area contributed by atoms with E-state index in [1.165, 1.54) is 0 Å². The molecule has 2 aliphatic heterocycles. The predicted molar refractivity (Wildman–Crippen MR) is 96.7 cm³/mol. The molecule has 0 aromatic heterocycles. The summed E-state index contributed by atoms with van der Waals surface area (Å²) in [5.74, 6) is 0.577. The number of nitrogens with zero attached hydrogens (tertiary/aromatic N) is 2. The first-order valence-electron chi connectivity index (χ1n) is 7.27. The molecule has 0 spiro atoms. The smallest absolute Gasteiger partial charge is 0.285 e. The van der Waals surface area contributed by atoms with Crippen molar-refractivity contribution in [2.45, 2.75) is 13.3 Å². The Balaban J connectivity index is 0.00000192. The number of rotatable bonds is 1. The highest BCUT2D eigenvalue weighted by atomic mass is 35.5. The molecule has 3 rings (SSSR count). The highest BCUT2D eigenvalue weighted by Gasteiger charge is 2.33. The van der Waals surface area contributed by atoms with Gasteiger partial charge in [0, 0.05) is 30.2 Å². The van der Waals surface area contributed by atoms with Gasteiger partial charge in [-0.2, -0.15) is 8.42 Å². The van der Waals surface area contributed by atoms with Crippen LogP contribution in [-0.4, -0.2) is 45.3 Å². The van der Waals surface area contributed by atoms with Crippen LogP contribution in [0.1, 0.15) is 18.9 Å². The van der Waals surface area contributed by atoms with Crippen molar-refractivity contribution < 1.29 is 8.42 Å². The molecule has 0 radical (unpaired) electrons. The molecule has 8 heteroatoms. The molecule has 23 heavy (non-hydrogen) atoms. The Bertz CT molecular complexity index is 734. The molecule has 126 valence electrons. The lowest BCUT2D eigenvalue weighted by molar-refractivity contribution is 0.447. The lowest BCUT2D eigenvalue weighted by Crippen LogP contribution is -2.34. The molecular formula is C15H19Cl2N3O2S. The second-order valence-corrected chi connectivity index (χ2v) is 7.42. The Morgan fingerprint density at radius 1 is 1.17 bits per heavy atom. The minimum atomic E-state index is -3.65. The second-order valence-electron chi connectivity index (χ2n) is 5.44. The molecule has 2 heterocycles. The van der Waals surface area contributed by atoms with Crippen molar-refractivity contribution in [1.82, 2.24) is 10.2 Å². The Labute approximate surface area is 147 Å². The third-order valence-electron chi connectivity index (χ3n) is 3.89. The van der Waals surface area contributed by atoms with Crippen molar-refractivity contribution in [1.29, 1.82) is 0 Å². The van der Waals surface area contributed by atoms with Crippen molar-refractivity contribution >= 4 is 44.8 Å².